The lowest BCUT2D eigenvalue weighted by atomic mass is 10.0. The highest BCUT2D eigenvalue weighted by Gasteiger charge is 2.39. The zero-order valence-electron chi connectivity index (χ0n) is 21.5. The van der Waals surface area contributed by atoms with Gasteiger partial charge in [-0.3, -0.25) is 8.99 Å². The molecule has 0 radical (unpaired) electrons. The number of nitrogens with one attached hydrogen (secondary N) is 1. The third kappa shape index (κ3) is 6.25. The summed E-state index contributed by atoms with van der Waals surface area (Å²) in [5.74, 6) is -0.269. The molecule has 1 aliphatic rings. The number of anilines is 1. The van der Waals surface area contributed by atoms with Gasteiger partial charge in [0.15, 0.2) is 5.15 Å². The molecule has 210 valence electrons. The Morgan fingerprint density at radius 3 is 2.59 bits per heavy atom. The van der Waals surface area contributed by atoms with Crippen molar-refractivity contribution in [3.05, 3.63) is 69.7 Å². The first-order valence-electron chi connectivity index (χ1n) is 11.9. The second-order valence-electron chi connectivity index (χ2n) is 9.16. The minimum absolute atomic E-state index is 0.190. The maximum Gasteiger partial charge on any atom is 0.269 e. The SMILES string of the molecule is CCn1cc(S(=O)(=O)N2C[C@H]([C@@H](C)NS(C)(=O)=O)Oc3ccc(/C=C(\C)c4c(F)cccc4Cl)cc32)c(Cl)n1. The summed E-state index contributed by atoms with van der Waals surface area (Å²) in [5, 5.41) is 4.10. The van der Waals surface area contributed by atoms with Gasteiger partial charge in [0.25, 0.3) is 10.0 Å². The number of hydrogen-bond donors (Lipinski definition) is 1. The summed E-state index contributed by atoms with van der Waals surface area (Å²) in [7, 11) is -7.85. The molecule has 1 aliphatic heterocycles. The van der Waals surface area contributed by atoms with Crippen LogP contribution in [0.2, 0.25) is 10.2 Å². The lowest BCUT2D eigenvalue weighted by Crippen LogP contribution is -2.52. The molecule has 0 amide bonds. The summed E-state index contributed by atoms with van der Waals surface area (Å²) < 4.78 is 77.0. The second-order valence-corrected chi connectivity index (χ2v) is 13.5. The lowest BCUT2D eigenvalue weighted by molar-refractivity contribution is 0.169. The van der Waals surface area contributed by atoms with Crippen LogP contribution in [-0.4, -0.2) is 51.6 Å². The first kappa shape index (κ1) is 29.3. The first-order valence-corrected chi connectivity index (χ1v) is 16.0. The van der Waals surface area contributed by atoms with Crippen LogP contribution in [0, 0.1) is 5.82 Å². The molecule has 0 bridgehead atoms. The van der Waals surface area contributed by atoms with E-state index in [4.69, 9.17) is 27.9 Å². The molecule has 2 heterocycles. The molecule has 0 saturated heterocycles. The molecule has 3 aromatic rings. The van der Waals surface area contributed by atoms with E-state index in [-0.39, 0.29) is 38.6 Å². The van der Waals surface area contributed by atoms with Crippen molar-refractivity contribution >= 4 is 60.6 Å². The number of benzene rings is 2. The molecule has 4 rings (SSSR count). The van der Waals surface area contributed by atoms with Gasteiger partial charge in [0.05, 0.1) is 29.6 Å². The minimum atomic E-state index is -4.26. The number of ether oxygens (including phenoxy) is 1. The molecule has 0 spiro atoms. The molecule has 14 heteroatoms. The maximum absolute atomic E-state index is 14.5. The molecule has 0 saturated carbocycles. The highest BCUT2D eigenvalue weighted by atomic mass is 35.5. The average molecular weight is 618 g/mol. The smallest absolute Gasteiger partial charge is 0.269 e. The highest BCUT2D eigenvalue weighted by Crippen LogP contribution is 2.40. The fourth-order valence-electron chi connectivity index (χ4n) is 4.31. The Balaban J connectivity index is 1.82. The van der Waals surface area contributed by atoms with Gasteiger partial charge in [0.1, 0.15) is 22.6 Å². The van der Waals surface area contributed by atoms with Crippen molar-refractivity contribution in [3.63, 3.8) is 0 Å². The van der Waals surface area contributed by atoms with E-state index in [1.54, 1.807) is 51.1 Å². The number of rotatable bonds is 8. The van der Waals surface area contributed by atoms with Crippen molar-refractivity contribution in [2.75, 3.05) is 17.1 Å². The third-order valence-corrected chi connectivity index (χ3v) is 9.44. The molecule has 0 fully saturated rings. The Bertz CT molecular complexity index is 1640. The van der Waals surface area contributed by atoms with E-state index in [0.29, 0.717) is 17.7 Å². The summed E-state index contributed by atoms with van der Waals surface area (Å²) in [5.41, 5.74) is 1.53. The zero-order valence-corrected chi connectivity index (χ0v) is 24.7. The van der Waals surface area contributed by atoms with Gasteiger partial charge in [-0.15, -0.1) is 0 Å². The summed E-state index contributed by atoms with van der Waals surface area (Å²) >= 11 is 12.4. The van der Waals surface area contributed by atoms with Crippen LogP contribution >= 0.6 is 23.2 Å². The largest absolute Gasteiger partial charge is 0.485 e. The molecular weight excluding hydrogens is 590 g/mol. The van der Waals surface area contributed by atoms with E-state index in [1.807, 2.05) is 0 Å². The number of aryl methyl sites for hydroxylation is 1. The van der Waals surface area contributed by atoms with Crippen LogP contribution in [0.15, 0.2) is 47.5 Å². The van der Waals surface area contributed by atoms with Crippen molar-refractivity contribution < 1.29 is 26.0 Å². The van der Waals surface area contributed by atoms with Gasteiger partial charge in [0, 0.05) is 18.3 Å². The van der Waals surface area contributed by atoms with E-state index >= 15 is 0 Å². The van der Waals surface area contributed by atoms with E-state index < -0.39 is 38.0 Å². The predicted molar refractivity (Wildman–Crippen MR) is 151 cm³/mol. The van der Waals surface area contributed by atoms with Crippen molar-refractivity contribution in [1.29, 1.82) is 0 Å². The van der Waals surface area contributed by atoms with Gasteiger partial charge in [0.2, 0.25) is 10.0 Å². The normalized spacial score (nSPS) is 17.1. The van der Waals surface area contributed by atoms with Crippen LogP contribution < -0.4 is 13.8 Å². The van der Waals surface area contributed by atoms with Gasteiger partial charge in [-0.2, -0.15) is 5.10 Å². The van der Waals surface area contributed by atoms with Crippen molar-refractivity contribution in [2.24, 2.45) is 0 Å². The van der Waals surface area contributed by atoms with E-state index in [0.717, 1.165) is 10.6 Å². The average Bonchev–Trinajstić information content (AvgIpc) is 3.23. The van der Waals surface area contributed by atoms with Crippen molar-refractivity contribution in [2.45, 2.75) is 44.4 Å². The van der Waals surface area contributed by atoms with Crippen molar-refractivity contribution in [3.8, 4) is 5.75 Å². The lowest BCUT2D eigenvalue weighted by Gasteiger charge is -2.37. The molecule has 1 N–H and O–H groups in total. The Morgan fingerprint density at radius 2 is 1.97 bits per heavy atom. The van der Waals surface area contributed by atoms with E-state index in [9.17, 15) is 21.2 Å². The Morgan fingerprint density at radius 1 is 1.26 bits per heavy atom. The highest BCUT2D eigenvalue weighted by molar-refractivity contribution is 7.93. The topological polar surface area (TPSA) is 111 Å². The maximum atomic E-state index is 14.5. The molecule has 0 aliphatic carbocycles. The fraction of sp³-hybridized carbons (Fsp3) is 0.320. The standard InChI is InChI=1S/C25H27Cl2FN4O5S2/c1-5-31-14-23(25(27)29-31)39(35,36)32-13-22(16(3)30-38(4,33)34)37-21-10-9-17(12-20(21)32)11-15(2)24-18(26)7-6-8-19(24)28/h6-12,14,16,22,30H,5,13H2,1-4H3/b15-11+/t16-,22-/m1/s1. The number of sulfonamides is 2. The van der Waals surface area contributed by atoms with Crippen LogP contribution in [0.4, 0.5) is 10.1 Å². The van der Waals surface area contributed by atoms with Gasteiger partial charge in [-0.25, -0.2) is 25.9 Å². The van der Waals surface area contributed by atoms with E-state index in [1.165, 1.54) is 23.0 Å². The molecule has 2 aromatic carbocycles. The number of halogens is 3. The predicted octanol–water partition coefficient (Wildman–Crippen LogP) is 4.80. The van der Waals surface area contributed by atoms with E-state index in [2.05, 4.69) is 9.82 Å². The molecule has 9 nitrogen and oxygen atoms in total. The number of fused-ring (bicyclic) bond motifs is 1. The molecule has 1 aromatic heterocycles. The Kier molecular flexibility index (Phi) is 8.34. The van der Waals surface area contributed by atoms with Gasteiger partial charge in [-0.05, 0) is 56.2 Å². The van der Waals surface area contributed by atoms with Gasteiger partial charge in [-0.1, -0.05) is 41.4 Å². The molecule has 0 unspecified atom stereocenters. The third-order valence-electron chi connectivity index (χ3n) is 6.15. The van der Waals surface area contributed by atoms with Crippen LogP contribution in [0.25, 0.3) is 11.6 Å². The summed E-state index contributed by atoms with van der Waals surface area (Å²) in [4.78, 5) is -0.198. The number of hydrogen-bond acceptors (Lipinski definition) is 6. The number of allylic oxidation sites excluding steroid dienone is 1. The van der Waals surface area contributed by atoms with Gasteiger partial charge >= 0.3 is 0 Å². The first-order chi connectivity index (χ1) is 18.2. The monoisotopic (exact) mass is 616 g/mol. The Labute approximate surface area is 237 Å². The van der Waals surface area contributed by atoms with Crippen LogP contribution in [0.3, 0.4) is 0 Å². The fourth-order valence-corrected chi connectivity index (χ4v) is 7.38. The van der Waals surface area contributed by atoms with Crippen LogP contribution in [0.1, 0.15) is 31.9 Å². The summed E-state index contributed by atoms with van der Waals surface area (Å²) in [6.45, 7) is 5.27. The van der Waals surface area contributed by atoms with Gasteiger partial charge < -0.3 is 4.74 Å². The summed E-state index contributed by atoms with van der Waals surface area (Å²) in [6.07, 6.45) is 3.17. The number of nitrogens with zero attached hydrogens (tertiary/aromatic N) is 3. The van der Waals surface area contributed by atoms with Crippen LogP contribution in [-0.2, 0) is 26.6 Å². The minimum Gasteiger partial charge on any atom is -0.485 e. The van der Waals surface area contributed by atoms with Crippen LogP contribution in [0.5, 0.6) is 5.75 Å². The molecule has 2 atom stereocenters. The second kappa shape index (κ2) is 11.1. The quantitative estimate of drug-likeness (QED) is 0.364. The molecule has 39 heavy (non-hydrogen) atoms. The van der Waals surface area contributed by atoms with Crippen molar-refractivity contribution in [1.82, 2.24) is 14.5 Å². The Hall–Kier alpha value is -2.64. The summed E-state index contributed by atoms with van der Waals surface area (Å²) in [6, 6.07) is 8.49. The molecular formula is C25H27Cl2FN4O5S2. The number of aromatic nitrogens is 2. The zero-order chi connectivity index (χ0) is 28.7.